The minimum atomic E-state index is -0.0186. The number of aliphatic hydroxyl groups is 1. The average Bonchev–Trinajstić information content (AvgIpc) is 2.80. The highest BCUT2D eigenvalue weighted by Gasteiger charge is 2.29. The number of likely N-dealkylation sites (tertiary alicyclic amines) is 1. The smallest absolute Gasteiger partial charge is 0.255 e. The summed E-state index contributed by atoms with van der Waals surface area (Å²) in [4.78, 5) is 14.2. The Hall–Kier alpha value is -0.870. The standard InChI is InChI=1S/C13H16BrNO2/c1-9-4-2-6-11(12(9)14)13(17)15-7-3-5-10(15)8-16/h2,4,6,10,16H,3,5,7-8H2,1H3/t10-/m1/s1. The molecule has 1 heterocycles. The number of carbonyl (C=O) groups excluding carboxylic acids is 1. The van der Waals surface area contributed by atoms with Crippen molar-refractivity contribution in [1.82, 2.24) is 4.90 Å². The van der Waals surface area contributed by atoms with Gasteiger partial charge in [-0.15, -0.1) is 0 Å². The third kappa shape index (κ3) is 2.38. The predicted molar refractivity (Wildman–Crippen MR) is 70.0 cm³/mol. The molecule has 0 spiro atoms. The summed E-state index contributed by atoms with van der Waals surface area (Å²) in [5, 5.41) is 9.25. The van der Waals surface area contributed by atoms with Crippen molar-refractivity contribution in [3.8, 4) is 0 Å². The Morgan fingerprint density at radius 2 is 2.35 bits per heavy atom. The van der Waals surface area contributed by atoms with Crippen LogP contribution in [-0.4, -0.2) is 35.1 Å². The second-order valence-electron chi connectivity index (χ2n) is 4.41. The summed E-state index contributed by atoms with van der Waals surface area (Å²) in [6.07, 6.45) is 1.87. The Morgan fingerprint density at radius 3 is 3.06 bits per heavy atom. The van der Waals surface area contributed by atoms with Gasteiger partial charge in [-0.3, -0.25) is 4.79 Å². The quantitative estimate of drug-likeness (QED) is 0.910. The van der Waals surface area contributed by atoms with Crippen LogP contribution in [0.1, 0.15) is 28.8 Å². The van der Waals surface area contributed by atoms with Gasteiger partial charge in [-0.25, -0.2) is 0 Å². The lowest BCUT2D eigenvalue weighted by molar-refractivity contribution is 0.0676. The number of rotatable bonds is 2. The molecule has 2 rings (SSSR count). The molecule has 92 valence electrons. The topological polar surface area (TPSA) is 40.5 Å². The van der Waals surface area contributed by atoms with E-state index in [2.05, 4.69) is 15.9 Å². The molecular formula is C13H16BrNO2. The van der Waals surface area contributed by atoms with Crippen LogP contribution in [0.3, 0.4) is 0 Å². The van der Waals surface area contributed by atoms with Crippen molar-refractivity contribution >= 4 is 21.8 Å². The van der Waals surface area contributed by atoms with Gasteiger partial charge in [-0.2, -0.15) is 0 Å². The van der Waals surface area contributed by atoms with Gasteiger partial charge < -0.3 is 10.0 Å². The summed E-state index contributed by atoms with van der Waals surface area (Å²) < 4.78 is 0.855. The molecule has 17 heavy (non-hydrogen) atoms. The molecule has 0 bridgehead atoms. The Kier molecular flexibility index (Phi) is 3.84. The maximum Gasteiger partial charge on any atom is 0.255 e. The summed E-state index contributed by atoms with van der Waals surface area (Å²) in [5.74, 6) is 0.0112. The monoisotopic (exact) mass is 297 g/mol. The summed E-state index contributed by atoms with van der Waals surface area (Å²) in [6.45, 7) is 2.76. The predicted octanol–water partition coefficient (Wildman–Crippen LogP) is 2.35. The van der Waals surface area contributed by atoms with E-state index in [4.69, 9.17) is 0 Å². The van der Waals surface area contributed by atoms with E-state index >= 15 is 0 Å². The molecule has 3 nitrogen and oxygen atoms in total. The van der Waals surface area contributed by atoms with Crippen molar-refractivity contribution < 1.29 is 9.90 Å². The fourth-order valence-corrected chi connectivity index (χ4v) is 2.69. The van der Waals surface area contributed by atoms with E-state index in [1.165, 1.54) is 0 Å². The van der Waals surface area contributed by atoms with Crippen LogP contribution in [-0.2, 0) is 0 Å². The Morgan fingerprint density at radius 1 is 1.59 bits per heavy atom. The molecule has 0 aromatic heterocycles. The van der Waals surface area contributed by atoms with E-state index in [1.54, 1.807) is 4.90 Å². The van der Waals surface area contributed by atoms with Gasteiger partial charge in [0.15, 0.2) is 0 Å². The molecule has 1 fully saturated rings. The molecule has 0 unspecified atom stereocenters. The van der Waals surface area contributed by atoms with Gasteiger partial charge >= 0.3 is 0 Å². The van der Waals surface area contributed by atoms with Gasteiger partial charge in [-0.1, -0.05) is 12.1 Å². The first kappa shape index (κ1) is 12.6. The van der Waals surface area contributed by atoms with Gasteiger partial charge in [0.25, 0.3) is 5.91 Å². The third-order valence-corrected chi connectivity index (χ3v) is 4.32. The molecule has 1 aliphatic rings. The van der Waals surface area contributed by atoms with Gasteiger partial charge in [-0.05, 0) is 47.3 Å². The first-order valence-electron chi connectivity index (χ1n) is 5.82. The number of hydrogen-bond acceptors (Lipinski definition) is 2. The summed E-state index contributed by atoms with van der Waals surface area (Å²) in [7, 11) is 0. The van der Waals surface area contributed by atoms with Crippen LogP contribution >= 0.6 is 15.9 Å². The largest absolute Gasteiger partial charge is 0.394 e. The van der Waals surface area contributed by atoms with Crippen LogP contribution in [0.2, 0.25) is 0 Å². The van der Waals surface area contributed by atoms with E-state index in [-0.39, 0.29) is 18.6 Å². The van der Waals surface area contributed by atoms with Gasteiger partial charge in [0.05, 0.1) is 18.2 Å². The number of halogens is 1. The van der Waals surface area contributed by atoms with Gasteiger partial charge in [0.2, 0.25) is 0 Å². The molecule has 0 saturated carbocycles. The summed E-state index contributed by atoms with van der Waals surface area (Å²) >= 11 is 3.46. The SMILES string of the molecule is Cc1cccc(C(=O)N2CCC[C@@H]2CO)c1Br. The van der Waals surface area contributed by atoms with Crippen LogP contribution in [0.4, 0.5) is 0 Å². The Balaban J connectivity index is 2.28. The second kappa shape index (κ2) is 5.19. The van der Waals surface area contributed by atoms with E-state index in [0.717, 1.165) is 29.4 Å². The minimum Gasteiger partial charge on any atom is -0.394 e. The van der Waals surface area contributed by atoms with Gasteiger partial charge in [0.1, 0.15) is 0 Å². The first-order valence-corrected chi connectivity index (χ1v) is 6.61. The van der Waals surface area contributed by atoms with Crippen molar-refractivity contribution in [3.05, 3.63) is 33.8 Å². The fraction of sp³-hybridized carbons (Fsp3) is 0.462. The number of aliphatic hydroxyl groups excluding tert-OH is 1. The number of aryl methyl sites for hydroxylation is 1. The number of benzene rings is 1. The molecule has 0 radical (unpaired) electrons. The molecule has 0 aliphatic carbocycles. The van der Waals surface area contributed by atoms with E-state index in [0.29, 0.717) is 5.56 Å². The molecule has 4 heteroatoms. The molecule has 1 atom stereocenters. The number of nitrogens with zero attached hydrogens (tertiary/aromatic N) is 1. The van der Waals surface area contributed by atoms with Crippen molar-refractivity contribution in [2.24, 2.45) is 0 Å². The Labute approximate surface area is 110 Å². The summed E-state index contributed by atoms with van der Waals surface area (Å²) in [5.41, 5.74) is 1.74. The second-order valence-corrected chi connectivity index (χ2v) is 5.21. The molecule has 1 aliphatic heterocycles. The first-order chi connectivity index (χ1) is 8.15. The van der Waals surface area contributed by atoms with E-state index in [1.807, 2.05) is 25.1 Å². The van der Waals surface area contributed by atoms with Crippen LogP contribution in [0, 0.1) is 6.92 Å². The fourth-order valence-electron chi connectivity index (χ4n) is 2.26. The van der Waals surface area contributed by atoms with Crippen LogP contribution in [0.5, 0.6) is 0 Å². The third-order valence-electron chi connectivity index (χ3n) is 3.27. The minimum absolute atomic E-state index is 0.0112. The van der Waals surface area contributed by atoms with Gasteiger partial charge in [0, 0.05) is 11.0 Å². The van der Waals surface area contributed by atoms with Crippen LogP contribution in [0.15, 0.2) is 22.7 Å². The zero-order valence-corrected chi connectivity index (χ0v) is 11.4. The number of amides is 1. The summed E-state index contributed by atoms with van der Waals surface area (Å²) in [6, 6.07) is 5.66. The lowest BCUT2D eigenvalue weighted by Gasteiger charge is -2.23. The van der Waals surface area contributed by atoms with Crippen molar-refractivity contribution in [2.45, 2.75) is 25.8 Å². The van der Waals surface area contributed by atoms with Crippen LogP contribution < -0.4 is 0 Å². The maximum absolute atomic E-state index is 12.4. The zero-order chi connectivity index (χ0) is 12.4. The normalized spacial score (nSPS) is 19.7. The number of carbonyl (C=O) groups is 1. The van der Waals surface area contributed by atoms with E-state index < -0.39 is 0 Å². The highest BCUT2D eigenvalue weighted by Crippen LogP contribution is 2.26. The van der Waals surface area contributed by atoms with Crippen molar-refractivity contribution in [2.75, 3.05) is 13.2 Å². The average molecular weight is 298 g/mol. The van der Waals surface area contributed by atoms with Crippen molar-refractivity contribution in [3.63, 3.8) is 0 Å². The molecule has 1 N–H and O–H groups in total. The molecule has 1 aromatic carbocycles. The van der Waals surface area contributed by atoms with Crippen LogP contribution in [0.25, 0.3) is 0 Å². The zero-order valence-electron chi connectivity index (χ0n) is 9.82. The highest BCUT2D eigenvalue weighted by atomic mass is 79.9. The maximum atomic E-state index is 12.4. The molecule has 1 saturated heterocycles. The highest BCUT2D eigenvalue weighted by molar-refractivity contribution is 9.10. The molecule has 1 aromatic rings. The Bertz CT molecular complexity index is 433. The van der Waals surface area contributed by atoms with Crippen molar-refractivity contribution in [1.29, 1.82) is 0 Å². The lowest BCUT2D eigenvalue weighted by Crippen LogP contribution is -2.37. The number of hydrogen-bond donors (Lipinski definition) is 1. The molecule has 1 amide bonds. The van der Waals surface area contributed by atoms with E-state index in [9.17, 15) is 9.90 Å². The molecular weight excluding hydrogens is 282 g/mol. The lowest BCUT2D eigenvalue weighted by atomic mass is 10.1.